The summed E-state index contributed by atoms with van der Waals surface area (Å²) in [6, 6.07) is 6.03. The van der Waals surface area contributed by atoms with Crippen molar-refractivity contribution in [1.82, 2.24) is 0 Å². The number of allylic oxidation sites excluding steroid dienone is 5. The predicted octanol–water partition coefficient (Wildman–Crippen LogP) is 3.47. The van der Waals surface area contributed by atoms with Gasteiger partial charge in [0.15, 0.2) is 11.5 Å². The minimum absolute atomic E-state index is 0.807. The third kappa shape index (κ3) is 1.48. The first-order valence-electron chi connectivity index (χ1n) is 5.25. The lowest BCUT2D eigenvalue weighted by atomic mass is 10.1. The molecule has 3 rings (SSSR count). The zero-order valence-electron chi connectivity index (χ0n) is 8.97. The highest BCUT2D eigenvalue weighted by Gasteiger charge is 2.16. The standard InChI is InChI=1S/C14H11NO/c1-10-7-8-14-12(9-10)15-11-5-3-2-4-6-13(11)16-14/h2-9H,1H3. The monoisotopic (exact) mass is 209 g/mol. The lowest BCUT2D eigenvalue weighted by molar-refractivity contribution is 0.451. The SMILES string of the molecule is Cc1ccc2c(c1)N=C1C=CC=CC=C1O2. The molecular formula is C14H11NO. The number of benzene rings is 1. The highest BCUT2D eigenvalue weighted by atomic mass is 16.5. The quantitative estimate of drug-likeness (QED) is 0.641. The minimum atomic E-state index is 0.807. The molecule has 0 N–H and O–H groups in total. The Morgan fingerprint density at radius 2 is 2.06 bits per heavy atom. The third-order valence-electron chi connectivity index (χ3n) is 2.55. The van der Waals surface area contributed by atoms with Gasteiger partial charge in [0.05, 0.1) is 0 Å². The van der Waals surface area contributed by atoms with E-state index in [9.17, 15) is 0 Å². The number of ether oxygens (including phenoxy) is 1. The summed E-state index contributed by atoms with van der Waals surface area (Å²) >= 11 is 0. The fourth-order valence-corrected chi connectivity index (χ4v) is 1.75. The van der Waals surface area contributed by atoms with Crippen LogP contribution in [0.25, 0.3) is 0 Å². The Morgan fingerprint density at radius 3 is 3.00 bits per heavy atom. The molecule has 1 aliphatic carbocycles. The van der Waals surface area contributed by atoms with Crippen LogP contribution < -0.4 is 4.74 Å². The number of rotatable bonds is 0. The van der Waals surface area contributed by atoms with Crippen molar-refractivity contribution in [2.45, 2.75) is 6.92 Å². The van der Waals surface area contributed by atoms with Crippen molar-refractivity contribution in [3.8, 4) is 5.75 Å². The molecular weight excluding hydrogens is 198 g/mol. The molecule has 0 saturated carbocycles. The maximum Gasteiger partial charge on any atom is 0.153 e. The first-order chi connectivity index (χ1) is 7.83. The molecule has 78 valence electrons. The van der Waals surface area contributed by atoms with E-state index in [1.54, 1.807) is 0 Å². The average Bonchev–Trinajstić information content (AvgIpc) is 2.50. The molecule has 0 bridgehead atoms. The largest absolute Gasteiger partial charge is 0.453 e. The van der Waals surface area contributed by atoms with E-state index in [1.165, 1.54) is 5.56 Å². The van der Waals surface area contributed by atoms with Crippen molar-refractivity contribution in [3.63, 3.8) is 0 Å². The Hall–Kier alpha value is -2.09. The van der Waals surface area contributed by atoms with Gasteiger partial charge in [-0.2, -0.15) is 0 Å². The van der Waals surface area contributed by atoms with Gasteiger partial charge in [-0.3, -0.25) is 0 Å². The van der Waals surface area contributed by atoms with E-state index in [0.29, 0.717) is 0 Å². The van der Waals surface area contributed by atoms with E-state index in [-0.39, 0.29) is 0 Å². The molecule has 1 aromatic carbocycles. The number of nitrogens with zero attached hydrogens (tertiary/aromatic N) is 1. The normalized spacial score (nSPS) is 16.6. The van der Waals surface area contributed by atoms with Crippen LogP contribution in [0.3, 0.4) is 0 Å². The first kappa shape index (κ1) is 9.16. The highest BCUT2D eigenvalue weighted by molar-refractivity contribution is 6.10. The van der Waals surface area contributed by atoms with Crippen LogP contribution in [-0.2, 0) is 0 Å². The van der Waals surface area contributed by atoms with Gasteiger partial charge in [-0.1, -0.05) is 24.3 Å². The van der Waals surface area contributed by atoms with Gasteiger partial charge < -0.3 is 4.74 Å². The van der Waals surface area contributed by atoms with Crippen LogP contribution in [0, 0.1) is 6.92 Å². The van der Waals surface area contributed by atoms with Gasteiger partial charge in [0.1, 0.15) is 11.4 Å². The maximum absolute atomic E-state index is 5.80. The van der Waals surface area contributed by atoms with Crippen LogP contribution in [0.2, 0.25) is 0 Å². The van der Waals surface area contributed by atoms with Gasteiger partial charge in [0.25, 0.3) is 0 Å². The Kier molecular flexibility index (Phi) is 2.00. The fraction of sp³-hybridized carbons (Fsp3) is 0.0714. The second kappa shape index (κ2) is 3.49. The van der Waals surface area contributed by atoms with Gasteiger partial charge in [0.2, 0.25) is 0 Å². The van der Waals surface area contributed by atoms with Crippen LogP contribution in [0.1, 0.15) is 5.56 Å². The Balaban J connectivity index is 2.16. The molecule has 0 fully saturated rings. The summed E-state index contributed by atoms with van der Waals surface area (Å²) in [4.78, 5) is 4.58. The minimum Gasteiger partial charge on any atom is -0.453 e. The molecule has 0 spiro atoms. The topological polar surface area (TPSA) is 21.6 Å². The summed E-state index contributed by atoms with van der Waals surface area (Å²) in [7, 11) is 0. The zero-order chi connectivity index (χ0) is 11.0. The van der Waals surface area contributed by atoms with Crippen molar-refractivity contribution >= 4 is 11.4 Å². The van der Waals surface area contributed by atoms with Crippen LogP contribution in [0.5, 0.6) is 5.75 Å². The Bertz CT molecular complexity index is 562. The van der Waals surface area contributed by atoms with Gasteiger partial charge in [-0.15, -0.1) is 0 Å². The molecule has 0 saturated heterocycles. The molecule has 1 aliphatic heterocycles. The fourth-order valence-electron chi connectivity index (χ4n) is 1.75. The van der Waals surface area contributed by atoms with E-state index in [1.807, 2.05) is 48.6 Å². The van der Waals surface area contributed by atoms with Crippen LogP contribution >= 0.6 is 0 Å². The smallest absolute Gasteiger partial charge is 0.153 e. The van der Waals surface area contributed by atoms with E-state index in [2.05, 4.69) is 11.9 Å². The van der Waals surface area contributed by atoms with Gasteiger partial charge in [-0.05, 0) is 36.8 Å². The van der Waals surface area contributed by atoms with Crippen molar-refractivity contribution < 1.29 is 4.74 Å². The summed E-state index contributed by atoms with van der Waals surface area (Å²) in [6.07, 6.45) is 9.77. The third-order valence-corrected chi connectivity index (χ3v) is 2.55. The molecule has 0 atom stereocenters. The van der Waals surface area contributed by atoms with Crippen molar-refractivity contribution in [3.05, 3.63) is 59.9 Å². The van der Waals surface area contributed by atoms with E-state index in [4.69, 9.17) is 4.74 Å². The van der Waals surface area contributed by atoms with Crippen molar-refractivity contribution in [1.29, 1.82) is 0 Å². The lowest BCUT2D eigenvalue weighted by Gasteiger charge is -2.17. The Morgan fingerprint density at radius 1 is 1.12 bits per heavy atom. The molecule has 0 amide bonds. The first-order valence-corrected chi connectivity index (χ1v) is 5.25. The van der Waals surface area contributed by atoms with Crippen molar-refractivity contribution in [2.24, 2.45) is 4.99 Å². The number of aryl methyl sites for hydroxylation is 1. The highest BCUT2D eigenvalue weighted by Crippen LogP contribution is 2.34. The van der Waals surface area contributed by atoms with Gasteiger partial charge in [-0.25, -0.2) is 4.99 Å². The van der Waals surface area contributed by atoms with E-state index >= 15 is 0 Å². The van der Waals surface area contributed by atoms with E-state index < -0.39 is 0 Å². The number of aliphatic imine (C=N–C) groups is 1. The van der Waals surface area contributed by atoms with Crippen molar-refractivity contribution in [2.75, 3.05) is 0 Å². The number of hydrogen-bond acceptors (Lipinski definition) is 2. The van der Waals surface area contributed by atoms with Gasteiger partial charge in [0, 0.05) is 0 Å². The van der Waals surface area contributed by atoms with Crippen LogP contribution in [0.4, 0.5) is 5.69 Å². The molecule has 0 radical (unpaired) electrons. The average molecular weight is 209 g/mol. The van der Waals surface area contributed by atoms with E-state index in [0.717, 1.165) is 22.9 Å². The maximum atomic E-state index is 5.80. The molecule has 0 aromatic heterocycles. The summed E-state index contributed by atoms with van der Waals surface area (Å²) in [5.41, 5.74) is 2.97. The molecule has 1 aromatic rings. The molecule has 2 heteroatoms. The lowest BCUT2D eigenvalue weighted by Crippen LogP contribution is -2.10. The molecule has 2 aliphatic rings. The van der Waals surface area contributed by atoms with Crippen LogP contribution in [-0.4, -0.2) is 5.71 Å². The predicted molar refractivity (Wildman–Crippen MR) is 65.3 cm³/mol. The summed E-state index contributed by atoms with van der Waals surface area (Å²) < 4.78 is 5.80. The summed E-state index contributed by atoms with van der Waals surface area (Å²) in [6.45, 7) is 2.05. The summed E-state index contributed by atoms with van der Waals surface area (Å²) in [5.74, 6) is 1.63. The van der Waals surface area contributed by atoms with Crippen LogP contribution in [0.15, 0.2) is 59.3 Å². The number of hydrogen-bond donors (Lipinski definition) is 0. The molecule has 0 unspecified atom stereocenters. The van der Waals surface area contributed by atoms with Gasteiger partial charge >= 0.3 is 0 Å². The second-order valence-corrected chi connectivity index (χ2v) is 3.85. The summed E-state index contributed by atoms with van der Waals surface area (Å²) in [5, 5.41) is 0. The Labute approximate surface area is 94.3 Å². The number of fused-ring (bicyclic) bond motifs is 2. The molecule has 16 heavy (non-hydrogen) atoms. The second-order valence-electron chi connectivity index (χ2n) is 3.85. The molecule has 1 heterocycles. The zero-order valence-corrected chi connectivity index (χ0v) is 8.97. The molecule has 2 nitrogen and oxygen atoms in total.